The lowest BCUT2D eigenvalue weighted by Gasteiger charge is -2.36. The molecule has 0 radical (unpaired) electrons. The van der Waals surface area contributed by atoms with Crippen LogP contribution >= 0.6 is 0 Å². The summed E-state index contributed by atoms with van der Waals surface area (Å²) in [5.41, 5.74) is -0.533. The standard InChI is InChI=1S/C25H26F3N3O3S/c1-2-30-11-13-31(14-12-30)23-10-8-20(25(26,27)28)16-22(23)29-24(32)17-35(33,34)21-9-7-18-5-3-4-6-19(18)15-21/h3-10,15-16H,2,11-14,17H2,1H3,(H,29,32). The van der Waals surface area contributed by atoms with Gasteiger partial charge in [-0.25, -0.2) is 8.42 Å². The molecule has 1 aliphatic heterocycles. The zero-order chi connectivity index (χ0) is 25.2. The van der Waals surface area contributed by atoms with E-state index in [1.807, 2.05) is 24.0 Å². The number of anilines is 2. The van der Waals surface area contributed by atoms with Crippen LogP contribution in [0.2, 0.25) is 0 Å². The van der Waals surface area contributed by atoms with Gasteiger partial charge in [-0.1, -0.05) is 37.3 Å². The molecule has 3 aromatic rings. The third kappa shape index (κ3) is 5.76. The van der Waals surface area contributed by atoms with Gasteiger partial charge < -0.3 is 15.1 Å². The van der Waals surface area contributed by atoms with Crippen molar-refractivity contribution in [2.24, 2.45) is 0 Å². The van der Waals surface area contributed by atoms with Crippen LogP contribution in [0, 0.1) is 0 Å². The Labute approximate surface area is 202 Å². The first-order chi connectivity index (χ1) is 16.6. The summed E-state index contributed by atoms with van der Waals surface area (Å²) in [5, 5.41) is 4.00. The molecule has 1 saturated heterocycles. The average Bonchev–Trinajstić information content (AvgIpc) is 2.83. The summed E-state index contributed by atoms with van der Waals surface area (Å²) < 4.78 is 65.9. The van der Waals surface area contributed by atoms with Gasteiger partial charge in [0.2, 0.25) is 5.91 Å². The smallest absolute Gasteiger partial charge is 0.367 e. The molecule has 1 heterocycles. The molecule has 6 nitrogen and oxygen atoms in total. The number of hydrogen-bond acceptors (Lipinski definition) is 5. The number of nitrogens with zero attached hydrogens (tertiary/aromatic N) is 2. The summed E-state index contributed by atoms with van der Waals surface area (Å²) in [6.07, 6.45) is -4.60. The normalized spacial score (nSPS) is 15.4. The van der Waals surface area contributed by atoms with Crippen molar-refractivity contribution in [3.63, 3.8) is 0 Å². The monoisotopic (exact) mass is 505 g/mol. The zero-order valence-corrected chi connectivity index (χ0v) is 20.0. The number of hydrogen-bond donors (Lipinski definition) is 1. The number of fused-ring (bicyclic) bond motifs is 1. The number of sulfone groups is 1. The van der Waals surface area contributed by atoms with Gasteiger partial charge in [-0.3, -0.25) is 4.79 Å². The molecule has 0 aromatic heterocycles. The topological polar surface area (TPSA) is 69.7 Å². The maximum absolute atomic E-state index is 13.4. The van der Waals surface area contributed by atoms with E-state index < -0.39 is 33.2 Å². The van der Waals surface area contributed by atoms with Gasteiger partial charge >= 0.3 is 6.18 Å². The van der Waals surface area contributed by atoms with E-state index in [0.717, 1.165) is 37.2 Å². The van der Waals surface area contributed by atoms with Gasteiger partial charge in [-0.15, -0.1) is 0 Å². The van der Waals surface area contributed by atoms with Crippen molar-refractivity contribution in [3.8, 4) is 0 Å². The predicted octanol–water partition coefficient (Wildman–Crippen LogP) is 4.41. The van der Waals surface area contributed by atoms with Crippen LogP contribution in [0.3, 0.4) is 0 Å². The summed E-state index contributed by atoms with van der Waals surface area (Å²) >= 11 is 0. The average molecular weight is 506 g/mol. The molecule has 1 N–H and O–H groups in total. The van der Waals surface area contributed by atoms with Crippen molar-refractivity contribution in [2.75, 3.05) is 48.7 Å². The maximum Gasteiger partial charge on any atom is 0.416 e. The highest BCUT2D eigenvalue weighted by Gasteiger charge is 2.32. The lowest BCUT2D eigenvalue weighted by molar-refractivity contribution is -0.137. The lowest BCUT2D eigenvalue weighted by atomic mass is 10.1. The van der Waals surface area contributed by atoms with Crippen molar-refractivity contribution >= 4 is 37.9 Å². The molecular weight excluding hydrogens is 479 g/mol. The van der Waals surface area contributed by atoms with Crippen LogP contribution < -0.4 is 10.2 Å². The first-order valence-corrected chi connectivity index (χ1v) is 12.9. The molecule has 0 aliphatic carbocycles. The van der Waals surface area contributed by atoms with Crippen molar-refractivity contribution in [1.82, 2.24) is 4.90 Å². The third-order valence-electron chi connectivity index (χ3n) is 6.16. The first-order valence-electron chi connectivity index (χ1n) is 11.3. The highest BCUT2D eigenvalue weighted by atomic mass is 32.2. The molecule has 0 unspecified atom stereocenters. The van der Waals surface area contributed by atoms with Gasteiger partial charge in [0.1, 0.15) is 5.75 Å². The van der Waals surface area contributed by atoms with E-state index in [9.17, 15) is 26.4 Å². The number of rotatable bonds is 6. The summed E-state index contributed by atoms with van der Waals surface area (Å²) in [6, 6.07) is 15.0. The molecule has 1 aliphatic rings. The summed E-state index contributed by atoms with van der Waals surface area (Å²) in [5.74, 6) is -1.78. The Hall–Kier alpha value is -3.11. The zero-order valence-electron chi connectivity index (χ0n) is 19.2. The molecule has 10 heteroatoms. The largest absolute Gasteiger partial charge is 0.416 e. The van der Waals surface area contributed by atoms with E-state index in [1.165, 1.54) is 18.2 Å². The number of piperazine rings is 1. The van der Waals surface area contributed by atoms with Crippen molar-refractivity contribution in [3.05, 3.63) is 66.2 Å². The second kappa shape index (κ2) is 9.87. The van der Waals surface area contributed by atoms with Gasteiger partial charge in [0.25, 0.3) is 0 Å². The van der Waals surface area contributed by atoms with E-state index in [2.05, 4.69) is 10.2 Å². The SMILES string of the molecule is CCN1CCN(c2ccc(C(F)(F)F)cc2NC(=O)CS(=O)(=O)c2ccc3ccccc3c2)CC1. The summed E-state index contributed by atoms with van der Waals surface area (Å²) in [6.45, 7) is 5.55. The fourth-order valence-corrected chi connectivity index (χ4v) is 5.36. The van der Waals surface area contributed by atoms with Gasteiger partial charge in [0, 0.05) is 26.2 Å². The number of amides is 1. The molecule has 0 bridgehead atoms. The molecule has 1 amide bonds. The predicted molar refractivity (Wildman–Crippen MR) is 130 cm³/mol. The fourth-order valence-electron chi connectivity index (χ4n) is 4.20. The third-order valence-corrected chi connectivity index (χ3v) is 7.77. The number of nitrogens with one attached hydrogen (secondary N) is 1. The van der Waals surface area contributed by atoms with Gasteiger partial charge in [-0.2, -0.15) is 13.2 Å². The number of carbonyl (C=O) groups excluding carboxylic acids is 1. The Balaban J connectivity index is 1.58. The Morgan fingerprint density at radius 2 is 1.63 bits per heavy atom. The fraction of sp³-hybridized carbons (Fsp3) is 0.320. The molecule has 0 saturated carbocycles. The van der Waals surface area contributed by atoms with Crippen LogP contribution in [0.4, 0.5) is 24.5 Å². The Bertz CT molecular complexity index is 1330. The van der Waals surface area contributed by atoms with Gasteiger partial charge in [0.05, 0.1) is 21.8 Å². The second-order valence-electron chi connectivity index (χ2n) is 8.47. The molecule has 35 heavy (non-hydrogen) atoms. The van der Waals surface area contributed by atoms with E-state index in [0.29, 0.717) is 24.2 Å². The minimum atomic E-state index is -4.60. The molecule has 0 atom stereocenters. The van der Waals surface area contributed by atoms with E-state index in [-0.39, 0.29) is 10.6 Å². The molecule has 3 aromatic carbocycles. The number of benzene rings is 3. The van der Waals surface area contributed by atoms with Crippen LogP contribution in [-0.2, 0) is 20.8 Å². The molecule has 1 fully saturated rings. The Morgan fingerprint density at radius 1 is 0.943 bits per heavy atom. The number of likely N-dealkylation sites (N-methyl/N-ethyl adjacent to an activating group) is 1. The van der Waals surface area contributed by atoms with Gasteiger partial charge in [-0.05, 0) is 47.6 Å². The van der Waals surface area contributed by atoms with Crippen molar-refractivity contribution < 1.29 is 26.4 Å². The van der Waals surface area contributed by atoms with Gasteiger partial charge in [0.15, 0.2) is 9.84 Å². The summed E-state index contributed by atoms with van der Waals surface area (Å²) in [4.78, 5) is 16.9. The maximum atomic E-state index is 13.4. The first kappa shape index (κ1) is 25.0. The minimum absolute atomic E-state index is 0.0219. The number of alkyl halides is 3. The highest BCUT2D eigenvalue weighted by Crippen LogP contribution is 2.36. The molecule has 0 spiro atoms. The summed E-state index contributed by atoms with van der Waals surface area (Å²) in [7, 11) is -4.01. The van der Waals surface area contributed by atoms with Crippen LogP contribution in [0.1, 0.15) is 12.5 Å². The lowest BCUT2D eigenvalue weighted by Crippen LogP contribution is -2.46. The van der Waals surface area contributed by atoms with Crippen molar-refractivity contribution in [2.45, 2.75) is 18.0 Å². The van der Waals surface area contributed by atoms with Crippen LogP contribution in [0.5, 0.6) is 0 Å². The minimum Gasteiger partial charge on any atom is -0.367 e. The van der Waals surface area contributed by atoms with Crippen LogP contribution in [0.15, 0.2) is 65.6 Å². The molecule has 186 valence electrons. The quantitative estimate of drug-likeness (QED) is 0.538. The highest BCUT2D eigenvalue weighted by molar-refractivity contribution is 7.92. The van der Waals surface area contributed by atoms with Crippen LogP contribution in [-0.4, -0.2) is 57.7 Å². The molecular formula is C25H26F3N3O3S. The molecule has 4 rings (SSSR count). The van der Waals surface area contributed by atoms with E-state index in [4.69, 9.17) is 0 Å². The Kier molecular flexibility index (Phi) is 7.05. The number of halogens is 3. The van der Waals surface area contributed by atoms with E-state index in [1.54, 1.807) is 18.2 Å². The second-order valence-corrected chi connectivity index (χ2v) is 10.5. The van der Waals surface area contributed by atoms with Crippen molar-refractivity contribution in [1.29, 1.82) is 0 Å². The Morgan fingerprint density at radius 3 is 2.29 bits per heavy atom. The van der Waals surface area contributed by atoms with E-state index >= 15 is 0 Å². The number of carbonyl (C=O) groups is 1. The van der Waals surface area contributed by atoms with Crippen LogP contribution in [0.25, 0.3) is 10.8 Å².